The second-order valence-electron chi connectivity index (χ2n) is 7.83. The van der Waals surface area contributed by atoms with Gasteiger partial charge in [0.05, 0.1) is 26.2 Å². The fraction of sp³-hybridized carbons (Fsp3) is 0.435. The number of benzene rings is 2. The van der Waals surface area contributed by atoms with E-state index in [-0.39, 0.29) is 0 Å². The van der Waals surface area contributed by atoms with Gasteiger partial charge in [-0.05, 0) is 61.0 Å². The zero-order valence-corrected chi connectivity index (χ0v) is 17.9. The van der Waals surface area contributed by atoms with Crippen LogP contribution < -0.4 is 19.7 Å². The number of anilines is 1. The number of rotatable bonds is 6. The fourth-order valence-corrected chi connectivity index (χ4v) is 4.18. The molecule has 2 aliphatic heterocycles. The SMILES string of the molecule is CCCCc1ccc(NC(=S)N2CC[NH+](Cc3ccc4c(c3)OCO4)CC2)cc1. The van der Waals surface area contributed by atoms with E-state index in [1.807, 2.05) is 6.07 Å². The van der Waals surface area contributed by atoms with Crippen LogP contribution in [0.15, 0.2) is 42.5 Å². The number of thiocarbonyl (C=S) groups is 1. The topological polar surface area (TPSA) is 38.2 Å². The van der Waals surface area contributed by atoms with Crippen LogP contribution in [0.5, 0.6) is 11.5 Å². The average molecular weight is 413 g/mol. The molecule has 1 saturated heterocycles. The molecule has 2 N–H and O–H groups in total. The molecular formula is C23H30N3O2S+. The van der Waals surface area contributed by atoms with E-state index < -0.39 is 0 Å². The molecule has 0 saturated carbocycles. The number of unbranched alkanes of at least 4 members (excludes halogenated alkanes) is 1. The smallest absolute Gasteiger partial charge is 0.231 e. The maximum atomic E-state index is 5.66. The summed E-state index contributed by atoms with van der Waals surface area (Å²) in [4.78, 5) is 3.85. The first-order valence-corrected chi connectivity index (χ1v) is 11.0. The van der Waals surface area contributed by atoms with E-state index >= 15 is 0 Å². The van der Waals surface area contributed by atoms with E-state index in [1.165, 1.54) is 24.0 Å². The number of hydrogen-bond donors (Lipinski definition) is 2. The molecule has 0 unspecified atom stereocenters. The molecule has 2 aliphatic rings. The lowest BCUT2D eigenvalue weighted by Gasteiger charge is -2.34. The van der Waals surface area contributed by atoms with Gasteiger partial charge in [-0.2, -0.15) is 0 Å². The normalized spacial score (nSPS) is 16.1. The van der Waals surface area contributed by atoms with Gasteiger partial charge in [0.15, 0.2) is 16.6 Å². The summed E-state index contributed by atoms with van der Waals surface area (Å²) in [7, 11) is 0. The third-order valence-electron chi connectivity index (χ3n) is 5.67. The first-order chi connectivity index (χ1) is 14.2. The van der Waals surface area contributed by atoms with Crippen LogP contribution in [0.25, 0.3) is 0 Å². The van der Waals surface area contributed by atoms with Gasteiger partial charge in [0.25, 0.3) is 0 Å². The molecular weight excluding hydrogens is 382 g/mol. The molecule has 5 nitrogen and oxygen atoms in total. The van der Waals surface area contributed by atoms with Gasteiger partial charge in [-0.1, -0.05) is 25.5 Å². The van der Waals surface area contributed by atoms with E-state index in [4.69, 9.17) is 21.7 Å². The van der Waals surface area contributed by atoms with Gasteiger partial charge in [-0.3, -0.25) is 0 Å². The van der Waals surface area contributed by atoms with Gasteiger partial charge in [0.2, 0.25) is 6.79 Å². The molecule has 0 radical (unpaired) electrons. The Morgan fingerprint density at radius 3 is 2.52 bits per heavy atom. The number of hydrogen-bond acceptors (Lipinski definition) is 3. The average Bonchev–Trinajstić information content (AvgIpc) is 3.22. The standard InChI is InChI=1S/C23H29N3O2S/c1-2-3-4-18-5-8-20(9-6-18)24-23(29)26-13-11-25(12-14-26)16-19-7-10-21-22(15-19)28-17-27-21/h5-10,15H,2-4,11-14,16-17H2,1H3,(H,24,29)/p+1. The predicted octanol–water partition coefficient (Wildman–Crippen LogP) is 2.86. The Kier molecular flexibility index (Phi) is 6.52. The molecule has 1 fully saturated rings. The summed E-state index contributed by atoms with van der Waals surface area (Å²) in [6.45, 7) is 7.66. The number of nitrogens with zero attached hydrogens (tertiary/aromatic N) is 1. The number of nitrogens with one attached hydrogen (secondary N) is 2. The largest absolute Gasteiger partial charge is 0.454 e. The van der Waals surface area contributed by atoms with E-state index in [9.17, 15) is 0 Å². The molecule has 154 valence electrons. The number of quaternary nitrogens is 1. The van der Waals surface area contributed by atoms with Crippen molar-refractivity contribution in [3.63, 3.8) is 0 Å². The number of piperazine rings is 1. The zero-order chi connectivity index (χ0) is 20.1. The number of fused-ring (bicyclic) bond motifs is 1. The molecule has 2 aromatic rings. The Morgan fingerprint density at radius 1 is 1.03 bits per heavy atom. The highest BCUT2D eigenvalue weighted by molar-refractivity contribution is 7.80. The minimum absolute atomic E-state index is 0.330. The molecule has 4 rings (SSSR count). The minimum Gasteiger partial charge on any atom is -0.454 e. The number of ether oxygens (including phenoxy) is 2. The Hall–Kier alpha value is -2.31. The third-order valence-corrected chi connectivity index (χ3v) is 6.03. The summed E-state index contributed by atoms with van der Waals surface area (Å²) in [6, 6.07) is 14.9. The Labute approximate surface area is 178 Å². The van der Waals surface area contributed by atoms with Gasteiger partial charge in [0.1, 0.15) is 6.54 Å². The van der Waals surface area contributed by atoms with Crippen LogP contribution in [0.1, 0.15) is 30.9 Å². The van der Waals surface area contributed by atoms with Crippen molar-refractivity contribution in [3.05, 3.63) is 53.6 Å². The van der Waals surface area contributed by atoms with Gasteiger partial charge >= 0.3 is 0 Å². The zero-order valence-electron chi connectivity index (χ0n) is 17.1. The van der Waals surface area contributed by atoms with Crippen LogP contribution in [0.3, 0.4) is 0 Å². The van der Waals surface area contributed by atoms with Crippen LogP contribution in [-0.4, -0.2) is 43.0 Å². The van der Waals surface area contributed by atoms with Crippen molar-refractivity contribution in [3.8, 4) is 11.5 Å². The second kappa shape index (κ2) is 9.46. The lowest BCUT2D eigenvalue weighted by atomic mass is 10.1. The van der Waals surface area contributed by atoms with Crippen molar-refractivity contribution in [2.24, 2.45) is 0 Å². The van der Waals surface area contributed by atoms with E-state index in [1.54, 1.807) is 4.90 Å². The summed E-state index contributed by atoms with van der Waals surface area (Å²) in [5.74, 6) is 1.72. The Morgan fingerprint density at radius 2 is 1.76 bits per heavy atom. The summed E-state index contributed by atoms with van der Waals surface area (Å²) < 4.78 is 10.9. The third kappa shape index (κ3) is 5.19. The lowest BCUT2D eigenvalue weighted by Crippen LogP contribution is -3.13. The predicted molar refractivity (Wildman–Crippen MR) is 120 cm³/mol. The van der Waals surface area contributed by atoms with Crippen LogP contribution in [0.2, 0.25) is 0 Å². The van der Waals surface area contributed by atoms with Crippen molar-refractivity contribution in [1.82, 2.24) is 4.90 Å². The lowest BCUT2D eigenvalue weighted by molar-refractivity contribution is -0.917. The second-order valence-corrected chi connectivity index (χ2v) is 8.22. The van der Waals surface area contributed by atoms with Crippen molar-refractivity contribution >= 4 is 23.0 Å². The van der Waals surface area contributed by atoms with E-state index in [0.29, 0.717) is 6.79 Å². The molecule has 0 atom stereocenters. The maximum Gasteiger partial charge on any atom is 0.231 e. The first-order valence-electron chi connectivity index (χ1n) is 10.6. The van der Waals surface area contributed by atoms with E-state index in [0.717, 1.165) is 61.4 Å². The monoisotopic (exact) mass is 412 g/mol. The molecule has 0 aliphatic carbocycles. The van der Waals surface area contributed by atoms with Crippen LogP contribution in [0.4, 0.5) is 5.69 Å². The molecule has 0 amide bonds. The Bertz CT molecular complexity index is 833. The van der Waals surface area contributed by atoms with Crippen LogP contribution in [0, 0.1) is 0 Å². The summed E-state index contributed by atoms with van der Waals surface area (Å²) in [5, 5.41) is 4.23. The highest BCUT2D eigenvalue weighted by Gasteiger charge is 2.23. The van der Waals surface area contributed by atoms with Crippen molar-refractivity contribution in [1.29, 1.82) is 0 Å². The van der Waals surface area contributed by atoms with Gasteiger partial charge in [0, 0.05) is 11.3 Å². The van der Waals surface area contributed by atoms with Gasteiger partial charge < -0.3 is 24.6 Å². The number of aryl methyl sites for hydroxylation is 1. The summed E-state index contributed by atoms with van der Waals surface area (Å²) in [5.41, 5.74) is 3.76. The minimum atomic E-state index is 0.330. The van der Waals surface area contributed by atoms with Crippen molar-refractivity contribution in [2.45, 2.75) is 32.7 Å². The summed E-state index contributed by atoms with van der Waals surface area (Å²) >= 11 is 5.66. The van der Waals surface area contributed by atoms with Crippen LogP contribution in [-0.2, 0) is 13.0 Å². The maximum absolute atomic E-state index is 5.66. The Balaban J connectivity index is 1.24. The molecule has 0 spiro atoms. The first kappa shape index (κ1) is 20.0. The van der Waals surface area contributed by atoms with Gasteiger partial charge in [-0.25, -0.2) is 0 Å². The molecule has 2 heterocycles. The van der Waals surface area contributed by atoms with Crippen molar-refractivity contribution < 1.29 is 14.4 Å². The van der Waals surface area contributed by atoms with Crippen molar-refractivity contribution in [2.75, 3.05) is 38.3 Å². The molecule has 2 aromatic carbocycles. The highest BCUT2D eigenvalue weighted by Crippen LogP contribution is 2.32. The van der Waals surface area contributed by atoms with Crippen LogP contribution >= 0.6 is 12.2 Å². The quantitative estimate of drug-likeness (QED) is 0.714. The highest BCUT2D eigenvalue weighted by atomic mass is 32.1. The molecule has 0 bridgehead atoms. The summed E-state index contributed by atoms with van der Waals surface area (Å²) in [6.07, 6.45) is 3.62. The molecule has 29 heavy (non-hydrogen) atoms. The molecule has 0 aromatic heterocycles. The fourth-order valence-electron chi connectivity index (χ4n) is 3.88. The van der Waals surface area contributed by atoms with Gasteiger partial charge in [-0.15, -0.1) is 0 Å². The van der Waals surface area contributed by atoms with E-state index in [2.05, 4.69) is 53.5 Å². The molecule has 6 heteroatoms.